The second-order valence-corrected chi connectivity index (χ2v) is 9.37. The minimum atomic E-state index is -3.41. The third-order valence-electron chi connectivity index (χ3n) is 4.54. The maximum atomic E-state index is 12.2. The molecule has 3 rings (SSSR count). The fourth-order valence-electron chi connectivity index (χ4n) is 3.48. The summed E-state index contributed by atoms with van der Waals surface area (Å²) in [6.07, 6.45) is 3.62. The first kappa shape index (κ1) is 14.8. The van der Waals surface area contributed by atoms with Crippen LogP contribution in [-0.4, -0.2) is 28.1 Å². The molecule has 3 atom stereocenters. The monoisotopic (exact) mass is 334 g/mol. The van der Waals surface area contributed by atoms with Gasteiger partial charge in [0, 0.05) is 6.54 Å². The molecule has 0 aromatic carbocycles. The standard InChI is InChI=1S/C13H19ClN2O2S2/c14-12-3-4-13(19-12)20(17,18)16-8-11-9-1-2-10(11)7-15-6-5-9/h3-4,9-11,15-16H,1-2,5-8H2. The lowest BCUT2D eigenvalue weighted by atomic mass is 9.89. The lowest BCUT2D eigenvalue weighted by Crippen LogP contribution is -2.34. The molecular weight excluding hydrogens is 316 g/mol. The van der Waals surface area contributed by atoms with Crippen molar-refractivity contribution in [3.63, 3.8) is 0 Å². The lowest BCUT2D eigenvalue weighted by Gasteiger charge is -2.21. The summed E-state index contributed by atoms with van der Waals surface area (Å²) >= 11 is 6.92. The molecule has 1 aliphatic heterocycles. The number of hydrogen-bond acceptors (Lipinski definition) is 4. The van der Waals surface area contributed by atoms with Crippen molar-refractivity contribution in [2.75, 3.05) is 19.6 Å². The Kier molecular flexibility index (Phi) is 4.38. The topological polar surface area (TPSA) is 58.2 Å². The quantitative estimate of drug-likeness (QED) is 0.888. The first-order valence-corrected chi connectivity index (χ1v) is 9.70. The summed E-state index contributed by atoms with van der Waals surface area (Å²) in [5, 5.41) is 3.45. The van der Waals surface area contributed by atoms with Crippen LogP contribution in [0.5, 0.6) is 0 Å². The zero-order valence-electron chi connectivity index (χ0n) is 11.1. The van der Waals surface area contributed by atoms with E-state index in [1.807, 2.05) is 0 Å². The molecular formula is C13H19ClN2O2S2. The Morgan fingerprint density at radius 3 is 2.85 bits per heavy atom. The van der Waals surface area contributed by atoms with Crippen LogP contribution >= 0.6 is 22.9 Å². The van der Waals surface area contributed by atoms with Gasteiger partial charge in [-0.1, -0.05) is 11.6 Å². The Morgan fingerprint density at radius 2 is 2.10 bits per heavy atom. The Bertz CT molecular complexity index is 559. The van der Waals surface area contributed by atoms with E-state index in [0.717, 1.165) is 30.8 Å². The van der Waals surface area contributed by atoms with Crippen molar-refractivity contribution in [3.8, 4) is 0 Å². The largest absolute Gasteiger partial charge is 0.316 e. The fraction of sp³-hybridized carbons (Fsp3) is 0.692. The second-order valence-electron chi connectivity index (χ2n) is 5.66. The SMILES string of the molecule is O=S(=O)(NCC1C2CCNCC1CC2)c1ccc(Cl)s1. The minimum absolute atomic E-state index is 0.307. The third-order valence-corrected chi connectivity index (χ3v) is 7.69. The summed E-state index contributed by atoms with van der Waals surface area (Å²) in [7, 11) is -3.41. The molecule has 1 saturated heterocycles. The number of sulfonamides is 1. The summed E-state index contributed by atoms with van der Waals surface area (Å²) in [6.45, 7) is 2.63. The van der Waals surface area contributed by atoms with E-state index in [2.05, 4.69) is 10.0 Å². The van der Waals surface area contributed by atoms with Gasteiger partial charge in [-0.05, 0) is 62.2 Å². The molecule has 0 spiro atoms. The van der Waals surface area contributed by atoms with E-state index >= 15 is 0 Å². The van der Waals surface area contributed by atoms with Gasteiger partial charge in [0.2, 0.25) is 10.0 Å². The van der Waals surface area contributed by atoms with Crippen LogP contribution < -0.4 is 10.0 Å². The highest BCUT2D eigenvalue weighted by molar-refractivity contribution is 7.91. The van der Waals surface area contributed by atoms with Crippen molar-refractivity contribution in [2.45, 2.75) is 23.5 Å². The predicted molar refractivity (Wildman–Crippen MR) is 81.7 cm³/mol. The van der Waals surface area contributed by atoms with Gasteiger partial charge in [-0.15, -0.1) is 11.3 Å². The van der Waals surface area contributed by atoms with Gasteiger partial charge in [0.15, 0.2) is 0 Å². The lowest BCUT2D eigenvalue weighted by molar-refractivity contribution is 0.327. The molecule has 1 aromatic heterocycles. The summed E-state index contributed by atoms with van der Waals surface area (Å²) in [5.41, 5.74) is 0. The normalized spacial score (nSPS) is 30.4. The first-order valence-electron chi connectivity index (χ1n) is 7.02. The molecule has 2 N–H and O–H groups in total. The van der Waals surface area contributed by atoms with Crippen LogP contribution in [0.15, 0.2) is 16.3 Å². The molecule has 1 saturated carbocycles. The van der Waals surface area contributed by atoms with Crippen molar-refractivity contribution in [1.82, 2.24) is 10.0 Å². The molecule has 0 amide bonds. The zero-order valence-corrected chi connectivity index (χ0v) is 13.5. The Morgan fingerprint density at radius 1 is 1.30 bits per heavy atom. The van der Waals surface area contributed by atoms with Gasteiger partial charge >= 0.3 is 0 Å². The Hall–Kier alpha value is -0.140. The van der Waals surface area contributed by atoms with E-state index in [0.29, 0.717) is 32.8 Å². The molecule has 2 fully saturated rings. The molecule has 2 heterocycles. The molecule has 20 heavy (non-hydrogen) atoms. The van der Waals surface area contributed by atoms with E-state index in [1.165, 1.54) is 12.8 Å². The number of thiophene rings is 1. The number of rotatable bonds is 4. The van der Waals surface area contributed by atoms with E-state index in [-0.39, 0.29) is 0 Å². The second kappa shape index (κ2) is 5.93. The molecule has 2 bridgehead atoms. The number of nitrogens with one attached hydrogen (secondary N) is 2. The molecule has 2 aliphatic rings. The van der Waals surface area contributed by atoms with Gasteiger partial charge < -0.3 is 5.32 Å². The molecule has 4 nitrogen and oxygen atoms in total. The minimum Gasteiger partial charge on any atom is -0.316 e. The van der Waals surface area contributed by atoms with Crippen molar-refractivity contribution >= 4 is 33.0 Å². The van der Waals surface area contributed by atoms with E-state index in [1.54, 1.807) is 12.1 Å². The maximum Gasteiger partial charge on any atom is 0.250 e. The zero-order chi connectivity index (χ0) is 14.2. The summed E-state index contributed by atoms with van der Waals surface area (Å²) in [6, 6.07) is 3.19. The van der Waals surface area contributed by atoms with Crippen LogP contribution in [0.3, 0.4) is 0 Å². The molecule has 0 radical (unpaired) electrons. The summed E-state index contributed by atoms with van der Waals surface area (Å²) in [5.74, 6) is 1.73. The Labute approximate surface area is 129 Å². The van der Waals surface area contributed by atoms with Crippen LogP contribution in [0.25, 0.3) is 0 Å². The first-order chi connectivity index (χ1) is 9.56. The van der Waals surface area contributed by atoms with Crippen LogP contribution in [0.1, 0.15) is 19.3 Å². The number of fused-ring (bicyclic) bond motifs is 2. The van der Waals surface area contributed by atoms with Gasteiger partial charge in [-0.2, -0.15) is 0 Å². The molecule has 3 unspecified atom stereocenters. The average Bonchev–Trinajstić information content (AvgIpc) is 2.91. The molecule has 112 valence electrons. The van der Waals surface area contributed by atoms with Crippen molar-refractivity contribution in [1.29, 1.82) is 0 Å². The highest BCUT2D eigenvalue weighted by Gasteiger charge is 2.37. The average molecular weight is 335 g/mol. The number of hydrogen-bond donors (Lipinski definition) is 2. The number of halogens is 1. The van der Waals surface area contributed by atoms with Crippen LogP contribution in [0, 0.1) is 17.8 Å². The van der Waals surface area contributed by atoms with Gasteiger partial charge in [0.05, 0.1) is 4.34 Å². The predicted octanol–water partition coefficient (Wildman–Crippen LogP) is 2.32. The van der Waals surface area contributed by atoms with E-state index in [4.69, 9.17) is 11.6 Å². The van der Waals surface area contributed by atoms with Gasteiger partial charge in [-0.25, -0.2) is 13.1 Å². The van der Waals surface area contributed by atoms with E-state index < -0.39 is 10.0 Å². The van der Waals surface area contributed by atoms with Crippen molar-refractivity contribution < 1.29 is 8.42 Å². The van der Waals surface area contributed by atoms with E-state index in [9.17, 15) is 8.42 Å². The molecule has 1 aromatic rings. The van der Waals surface area contributed by atoms with Crippen LogP contribution in [0.2, 0.25) is 4.34 Å². The third kappa shape index (κ3) is 3.04. The van der Waals surface area contributed by atoms with Crippen LogP contribution in [-0.2, 0) is 10.0 Å². The maximum absolute atomic E-state index is 12.2. The molecule has 7 heteroatoms. The summed E-state index contributed by atoms with van der Waals surface area (Å²) in [4.78, 5) is 0. The molecule has 1 aliphatic carbocycles. The smallest absolute Gasteiger partial charge is 0.250 e. The highest BCUT2D eigenvalue weighted by atomic mass is 35.5. The highest BCUT2D eigenvalue weighted by Crippen LogP contribution is 2.40. The van der Waals surface area contributed by atoms with Crippen molar-refractivity contribution in [3.05, 3.63) is 16.5 Å². The van der Waals surface area contributed by atoms with Crippen LogP contribution in [0.4, 0.5) is 0 Å². The fourth-order valence-corrected chi connectivity index (χ4v) is 6.08. The van der Waals surface area contributed by atoms with Gasteiger partial charge in [0.25, 0.3) is 0 Å². The summed E-state index contributed by atoms with van der Waals surface area (Å²) < 4.78 is 28.1. The Balaban J connectivity index is 1.67. The van der Waals surface area contributed by atoms with Gasteiger partial charge in [-0.3, -0.25) is 0 Å². The van der Waals surface area contributed by atoms with Gasteiger partial charge in [0.1, 0.15) is 4.21 Å². The van der Waals surface area contributed by atoms with Crippen molar-refractivity contribution in [2.24, 2.45) is 17.8 Å².